The van der Waals surface area contributed by atoms with Gasteiger partial charge in [0.15, 0.2) is 10.1 Å². The molecule has 0 aliphatic carbocycles. The fraction of sp³-hybridized carbons (Fsp3) is 0.222. The molecule has 0 fully saturated rings. The lowest BCUT2D eigenvalue weighted by Gasteiger charge is -2.14. The number of hydrogen-bond donors (Lipinski definition) is 1. The Morgan fingerprint density at radius 2 is 2.07 bits per heavy atom. The molecule has 0 radical (unpaired) electrons. The first-order valence-corrected chi connectivity index (χ1v) is 10.0. The molecule has 7 nitrogen and oxygen atoms in total. The van der Waals surface area contributed by atoms with E-state index in [4.69, 9.17) is 4.74 Å². The second kappa shape index (κ2) is 8.98. The Balaban J connectivity index is 1.77. The summed E-state index contributed by atoms with van der Waals surface area (Å²) in [7, 11) is 1.40. The highest BCUT2D eigenvalue weighted by molar-refractivity contribution is 8.00. The molecule has 0 unspecified atom stereocenters. The first kappa shape index (κ1) is 20.0. The summed E-state index contributed by atoms with van der Waals surface area (Å²) in [6.45, 7) is 1.84. The zero-order valence-corrected chi connectivity index (χ0v) is 16.8. The van der Waals surface area contributed by atoms with Crippen LogP contribution in [0.3, 0.4) is 0 Å². The molecule has 0 spiro atoms. The number of anilines is 1. The molecule has 0 bridgehead atoms. The standard InChI is InChI=1S/C18H17FN4O3S2/c1-11-21-22-18(28-11)27-10-14-7-15(24)16(26-2)8-23(14)9-17(25)20-13-5-3-12(19)4-6-13/h3-8H,9-10H2,1-2H3,(H,20,25). The molecule has 1 amide bonds. The highest BCUT2D eigenvalue weighted by Crippen LogP contribution is 2.25. The quantitative estimate of drug-likeness (QED) is 0.591. The van der Waals surface area contributed by atoms with Gasteiger partial charge in [-0.15, -0.1) is 10.2 Å². The van der Waals surface area contributed by atoms with Crippen LogP contribution in [-0.4, -0.2) is 27.8 Å². The Bertz CT molecular complexity index is 1030. The van der Waals surface area contributed by atoms with Crippen molar-refractivity contribution in [3.63, 3.8) is 0 Å². The second-order valence-corrected chi connectivity index (χ2v) is 8.16. The SMILES string of the molecule is COc1cn(CC(=O)Nc2ccc(F)cc2)c(CSc2nnc(C)s2)cc1=O. The molecular formula is C18H17FN4O3S2. The molecule has 0 aliphatic rings. The van der Waals surface area contributed by atoms with E-state index in [0.717, 1.165) is 9.35 Å². The number of rotatable bonds is 7. The van der Waals surface area contributed by atoms with Gasteiger partial charge in [0.25, 0.3) is 0 Å². The number of hydrogen-bond acceptors (Lipinski definition) is 7. The number of nitrogens with zero attached hydrogens (tertiary/aromatic N) is 3. The number of methoxy groups -OCH3 is 1. The van der Waals surface area contributed by atoms with Crippen molar-refractivity contribution in [2.75, 3.05) is 12.4 Å². The number of aryl methyl sites for hydroxylation is 1. The number of benzene rings is 1. The average Bonchev–Trinajstić information content (AvgIpc) is 3.08. The van der Waals surface area contributed by atoms with E-state index in [2.05, 4.69) is 15.5 Å². The van der Waals surface area contributed by atoms with E-state index in [1.165, 1.54) is 66.7 Å². The number of halogens is 1. The van der Waals surface area contributed by atoms with E-state index in [-0.39, 0.29) is 29.4 Å². The molecule has 0 saturated carbocycles. The number of pyridine rings is 1. The highest BCUT2D eigenvalue weighted by atomic mass is 32.2. The molecule has 0 saturated heterocycles. The van der Waals surface area contributed by atoms with Crippen LogP contribution >= 0.6 is 23.1 Å². The van der Waals surface area contributed by atoms with Crippen LogP contribution in [0.5, 0.6) is 5.75 Å². The van der Waals surface area contributed by atoms with Gasteiger partial charge < -0.3 is 14.6 Å². The molecule has 2 heterocycles. The lowest BCUT2D eigenvalue weighted by molar-refractivity contribution is -0.116. The molecule has 10 heteroatoms. The fourth-order valence-electron chi connectivity index (χ4n) is 2.38. The summed E-state index contributed by atoms with van der Waals surface area (Å²) in [6.07, 6.45) is 1.51. The zero-order valence-electron chi connectivity index (χ0n) is 15.1. The van der Waals surface area contributed by atoms with Gasteiger partial charge in [-0.25, -0.2) is 4.39 Å². The van der Waals surface area contributed by atoms with Gasteiger partial charge in [0, 0.05) is 23.2 Å². The maximum absolute atomic E-state index is 13.0. The van der Waals surface area contributed by atoms with Crippen molar-refractivity contribution >= 4 is 34.7 Å². The van der Waals surface area contributed by atoms with E-state index in [0.29, 0.717) is 17.1 Å². The van der Waals surface area contributed by atoms with Crippen LogP contribution in [-0.2, 0) is 17.1 Å². The minimum atomic E-state index is -0.380. The van der Waals surface area contributed by atoms with Gasteiger partial charge in [0.05, 0.1) is 13.3 Å². The molecule has 1 N–H and O–H groups in total. The minimum absolute atomic E-state index is 0.0287. The molecule has 146 valence electrons. The summed E-state index contributed by atoms with van der Waals surface area (Å²) in [6, 6.07) is 6.95. The summed E-state index contributed by atoms with van der Waals surface area (Å²) >= 11 is 2.89. The monoisotopic (exact) mass is 420 g/mol. The number of thioether (sulfide) groups is 1. The largest absolute Gasteiger partial charge is 0.491 e. The predicted molar refractivity (Wildman–Crippen MR) is 106 cm³/mol. The number of amides is 1. The maximum Gasteiger partial charge on any atom is 0.244 e. The molecule has 3 rings (SSSR count). The van der Waals surface area contributed by atoms with Crippen LogP contribution in [0.4, 0.5) is 10.1 Å². The van der Waals surface area contributed by atoms with Crippen molar-refractivity contribution < 1.29 is 13.9 Å². The van der Waals surface area contributed by atoms with Gasteiger partial charge in [-0.2, -0.15) is 0 Å². The Morgan fingerprint density at radius 3 is 2.71 bits per heavy atom. The molecule has 1 aromatic carbocycles. The van der Waals surface area contributed by atoms with Crippen molar-refractivity contribution in [2.24, 2.45) is 0 Å². The first-order chi connectivity index (χ1) is 13.4. The average molecular weight is 420 g/mol. The fourth-order valence-corrected chi connectivity index (χ4v) is 4.19. The van der Waals surface area contributed by atoms with Gasteiger partial charge in [-0.05, 0) is 31.2 Å². The van der Waals surface area contributed by atoms with Crippen LogP contribution in [0.15, 0.2) is 45.7 Å². The summed E-state index contributed by atoms with van der Waals surface area (Å²) < 4.78 is 20.5. The van der Waals surface area contributed by atoms with Gasteiger partial charge in [-0.3, -0.25) is 9.59 Å². The van der Waals surface area contributed by atoms with Crippen LogP contribution in [0.2, 0.25) is 0 Å². The molecule has 3 aromatic rings. The van der Waals surface area contributed by atoms with Crippen LogP contribution < -0.4 is 15.5 Å². The number of ether oxygens (including phenoxy) is 1. The highest BCUT2D eigenvalue weighted by Gasteiger charge is 2.12. The van der Waals surface area contributed by atoms with E-state index in [1.807, 2.05) is 6.92 Å². The number of aromatic nitrogens is 3. The van der Waals surface area contributed by atoms with E-state index < -0.39 is 0 Å². The van der Waals surface area contributed by atoms with Crippen molar-refractivity contribution in [2.45, 2.75) is 23.6 Å². The van der Waals surface area contributed by atoms with Crippen LogP contribution in [0.25, 0.3) is 0 Å². The van der Waals surface area contributed by atoms with Gasteiger partial charge in [0.1, 0.15) is 17.4 Å². The Hall–Kier alpha value is -2.72. The summed E-state index contributed by atoms with van der Waals surface area (Å²) in [5.41, 5.74) is 0.874. The first-order valence-electron chi connectivity index (χ1n) is 8.20. The Morgan fingerprint density at radius 1 is 1.32 bits per heavy atom. The van der Waals surface area contributed by atoms with Crippen molar-refractivity contribution in [3.05, 3.63) is 63.3 Å². The predicted octanol–water partition coefficient (Wildman–Crippen LogP) is 3.09. The van der Waals surface area contributed by atoms with E-state index in [1.54, 1.807) is 4.57 Å². The Labute approximate surface area is 168 Å². The van der Waals surface area contributed by atoms with E-state index >= 15 is 0 Å². The second-order valence-electron chi connectivity index (χ2n) is 5.76. The smallest absolute Gasteiger partial charge is 0.244 e. The minimum Gasteiger partial charge on any atom is -0.491 e. The van der Waals surface area contributed by atoms with Gasteiger partial charge >= 0.3 is 0 Å². The maximum atomic E-state index is 13.0. The number of carbonyl (C=O) groups excluding carboxylic acids is 1. The summed E-state index contributed by atoms with van der Waals surface area (Å²) in [5.74, 6) is -0.0997. The molecule has 2 aromatic heterocycles. The lowest BCUT2D eigenvalue weighted by atomic mass is 10.3. The third-order valence-corrected chi connectivity index (χ3v) is 5.70. The molecule has 0 aliphatic heterocycles. The van der Waals surface area contributed by atoms with Crippen molar-refractivity contribution in [3.8, 4) is 5.75 Å². The number of nitrogens with one attached hydrogen (secondary N) is 1. The zero-order chi connectivity index (χ0) is 20.1. The van der Waals surface area contributed by atoms with Crippen molar-refractivity contribution in [1.29, 1.82) is 0 Å². The van der Waals surface area contributed by atoms with Crippen LogP contribution in [0, 0.1) is 12.7 Å². The normalized spacial score (nSPS) is 10.7. The topological polar surface area (TPSA) is 86.1 Å². The third kappa shape index (κ3) is 5.17. The Kier molecular flexibility index (Phi) is 6.42. The lowest BCUT2D eigenvalue weighted by Crippen LogP contribution is -2.22. The van der Waals surface area contributed by atoms with Crippen molar-refractivity contribution in [1.82, 2.24) is 14.8 Å². The van der Waals surface area contributed by atoms with Gasteiger partial charge in [0.2, 0.25) is 11.3 Å². The molecule has 28 heavy (non-hydrogen) atoms. The summed E-state index contributed by atoms with van der Waals surface area (Å²) in [5, 5.41) is 11.6. The van der Waals surface area contributed by atoms with E-state index in [9.17, 15) is 14.0 Å². The third-order valence-electron chi connectivity index (χ3n) is 3.70. The van der Waals surface area contributed by atoms with Gasteiger partial charge in [-0.1, -0.05) is 23.1 Å². The summed E-state index contributed by atoms with van der Waals surface area (Å²) in [4.78, 5) is 24.5. The molecular weight excluding hydrogens is 403 g/mol. The van der Waals surface area contributed by atoms with Crippen LogP contribution in [0.1, 0.15) is 10.7 Å². The molecule has 0 atom stereocenters. The number of carbonyl (C=O) groups is 1.